The van der Waals surface area contributed by atoms with Crippen molar-refractivity contribution in [3.05, 3.63) is 5.51 Å². The number of aromatic nitrogens is 2. The molecule has 0 aliphatic rings. The van der Waals surface area contributed by atoms with Crippen molar-refractivity contribution in [2.75, 3.05) is 19.0 Å². The zero-order valence-corrected chi connectivity index (χ0v) is 8.80. The van der Waals surface area contributed by atoms with Crippen LogP contribution in [0, 0.1) is 0 Å². The maximum absolute atomic E-state index is 5.10. The molecular formula is C8H15N3OS. The number of anilines is 1. The number of nitrogens with one attached hydrogen (secondary N) is 1. The molecule has 0 amide bonds. The summed E-state index contributed by atoms with van der Waals surface area (Å²) in [5.74, 6) is 0. The molecular weight excluding hydrogens is 186 g/mol. The van der Waals surface area contributed by atoms with Crippen molar-refractivity contribution in [3.63, 3.8) is 0 Å². The molecule has 74 valence electrons. The van der Waals surface area contributed by atoms with Crippen LogP contribution < -0.4 is 5.32 Å². The highest BCUT2D eigenvalue weighted by Gasteiger charge is 2.08. The van der Waals surface area contributed by atoms with Crippen molar-refractivity contribution in [1.29, 1.82) is 0 Å². The van der Waals surface area contributed by atoms with Gasteiger partial charge in [-0.25, -0.2) is 0 Å². The van der Waals surface area contributed by atoms with Gasteiger partial charge in [-0.1, -0.05) is 24.7 Å². The zero-order chi connectivity index (χ0) is 9.52. The van der Waals surface area contributed by atoms with Gasteiger partial charge in [-0.2, -0.15) is 0 Å². The molecule has 1 atom stereocenters. The Morgan fingerprint density at radius 1 is 1.69 bits per heavy atom. The SMILES string of the molecule is CCCC(COC)Nc1nncs1. The summed E-state index contributed by atoms with van der Waals surface area (Å²) in [6, 6.07) is 0.350. The summed E-state index contributed by atoms with van der Waals surface area (Å²) in [4.78, 5) is 0. The largest absolute Gasteiger partial charge is 0.383 e. The first-order chi connectivity index (χ1) is 6.36. The molecule has 0 bridgehead atoms. The van der Waals surface area contributed by atoms with Gasteiger partial charge in [0, 0.05) is 7.11 Å². The molecule has 13 heavy (non-hydrogen) atoms. The van der Waals surface area contributed by atoms with Gasteiger partial charge in [-0.3, -0.25) is 0 Å². The Bertz CT molecular complexity index is 209. The van der Waals surface area contributed by atoms with Crippen LogP contribution in [-0.2, 0) is 4.74 Å². The second-order valence-corrected chi connectivity index (χ2v) is 3.66. The van der Waals surface area contributed by atoms with Gasteiger partial charge < -0.3 is 10.1 Å². The molecule has 4 nitrogen and oxygen atoms in total. The molecule has 1 rings (SSSR count). The van der Waals surface area contributed by atoms with Gasteiger partial charge in [0.25, 0.3) is 0 Å². The third-order valence-electron chi connectivity index (χ3n) is 1.69. The van der Waals surface area contributed by atoms with Crippen LogP contribution in [0.1, 0.15) is 19.8 Å². The standard InChI is InChI=1S/C8H15N3OS/c1-3-4-7(5-12-2)10-8-11-9-6-13-8/h6-7H,3-5H2,1-2H3,(H,10,11). The number of ether oxygens (including phenoxy) is 1. The van der Waals surface area contributed by atoms with Crippen LogP contribution >= 0.6 is 11.3 Å². The van der Waals surface area contributed by atoms with E-state index in [4.69, 9.17) is 4.74 Å². The summed E-state index contributed by atoms with van der Waals surface area (Å²) in [5, 5.41) is 11.8. The summed E-state index contributed by atoms with van der Waals surface area (Å²) in [5.41, 5.74) is 1.72. The van der Waals surface area contributed by atoms with Crippen molar-refractivity contribution in [2.45, 2.75) is 25.8 Å². The highest BCUT2D eigenvalue weighted by Crippen LogP contribution is 2.12. The molecule has 0 spiro atoms. The first-order valence-corrected chi connectivity index (χ1v) is 5.26. The van der Waals surface area contributed by atoms with Crippen LogP contribution in [0.15, 0.2) is 5.51 Å². The van der Waals surface area contributed by atoms with E-state index in [1.807, 2.05) is 0 Å². The average molecular weight is 201 g/mol. The fourth-order valence-corrected chi connectivity index (χ4v) is 1.68. The molecule has 0 saturated heterocycles. The normalized spacial score (nSPS) is 12.8. The number of rotatable bonds is 6. The van der Waals surface area contributed by atoms with Crippen molar-refractivity contribution in [2.24, 2.45) is 0 Å². The quantitative estimate of drug-likeness (QED) is 0.762. The number of hydrogen-bond acceptors (Lipinski definition) is 5. The Labute approximate surface area is 82.3 Å². The van der Waals surface area contributed by atoms with Crippen LogP contribution in [0.3, 0.4) is 0 Å². The maximum Gasteiger partial charge on any atom is 0.205 e. The zero-order valence-electron chi connectivity index (χ0n) is 7.99. The highest BCUT2D eigenvalue weighted by atomic mass is 32.1. The maximum atomic E-state index is 5.10. The molecule has 0 fully saturated rings. The summed E-state index contributed by atoms with van der Waals surface area (Å²) < 4.78 is 5.10. The molecule has 5 heteroatoms. The van der Waals surface area contributed by atoms with E-state index in [0.717, 1.165) is 18.0 Å². The Balaban J connectivity index is 2.37. The van der Waals surface area contributed by atoms with Crippen molar-refractivity contribution >= 4 is 16.5 Å². The molecule has 0 aliphatic heterocycles. The van der Waals surface area contributed by atoms with E-state index < -0.39 is 0 Å². The summed E-state index contributed by atoms with van der Waals surface area (Å²) in [6.07, 6.45) is 2.23. The molecule has 0 aromatic carbocycles. The second kappa shape index (κ2) is 5.88. The number of methoxy groups -OCH3 is 1. The van der Waals surface area contributed by atoms with Gasteiger partial charge in [0.2, 0.25) is 5.13 Å². The number of hydrogen-bond donors (Lipinski definition) is 1. The summed E-state index contributed by atoms with van der Waals surface area (Å²) in [6.45, 7) is 2.87. The monoisotopic (exact) mass is 201 g/mol. The lowest BCUT2D eigenvalue weighted by Gasteiger charge is -2.15. The van der Waals surface area contributed by atoms with Crippen molar-refractivity contribution in [1.82, 2.24) is 10.2 Å². The molecule has 1 heterocycles. The molecule has 1 unspecified atom stereocenters. The smallest absolute Gasteiger partial charge is 0.205 e. The summed E-state index contributed by atoms with van der Waals surface area (Å²) in [7, 11) is 1.71. The molecule has 1 aromatic heterocycles. The van der Waals surface area contributed by atoms with Gasteiger partial charge in [-0.15, -0.1) is 10.2 Å². The predicted octanol–water partition coefficient (Wildman–Crippen LogP) is 1.77. The molecule has 1 N–H and O–H groups in total. The van der Waals surface area contributed by atoms with E-state index in [2.05, 4.69) is 22.4 Å². The van der Waals surface area contributed by atoms with Crippen LogP contribution in [-0.4, -0.2) is 30.0 Å². The van der Waals surface area contributed by atoms with E-state index in [1.54, 1.807) is 12.6 Å². The second-order valence-electron chi connectivity index (χ2n) is 2.83. The van der Waals surface area contributed by atoms with E-state index >= 15 is 0 Å². The van der Waals surface area contributed by atoms with Gasteiger partial charge in [0.1, 0.15) is 5.51 Å². The minimum Gasteiger partial charge on any atom is -0.383 e. The molecule has 0 aliphatic carbocycles. The fourth-order valence-electron chi connectivity index (χ4n) is 1.16. The third-order valence-corrected chi connectivity index (χ3v) is 2.32. The fraction of sp³-hybridized carbons (Fsp3) is 0.750. The van der Waals surface area contributed by atoms with Crippen LogP contribution in [0.2, 0.25) is 0 Å². The van der Waals surface area contributed by atoms with Gasteiger partial charge in [0.15, 0.2) is 0 Å². The van der Waals surface area contributed by atoms with E-state index in [9.17, 15) is 0 Å². The van der Waals surface area contributed by atoms with Crippen LogP contribution in [0.25, 0.3) is 0 Å². The minimum atomic E-state index is 0.350. The molecule has 0 saturated carbocycles. The topological polar surface area (TPSA) is 47.0 Å². The van der Waals surface area contributed by atoms with Crippen LogP contribution in [0.5, 0.6) is 0 Å². The Morgan fingerprint density at radius 2 is 2.54 bits per heavy atom. The highest BCUT2D eigenvalue weighted by molar-refractivity contribution is 7.13. The van der Waals surface area contributed by atoms with Gasteiger partial charge in [0.05, 0.1) is 12.6 Å². The lowest BCUT2D eigenvalue weighted by atomic mass is 10.2. The third kappa shape index (κ3) is 3.69. The van der Waals surface area contributed by atoms with Gasteiger partial charge >= 0.3 is 0 Å². The lowest BCUT2D eigenvalue weighted by Crippen LogP contribution is -2.24. The molecule has 1 aromatic rings. The first-order valence-electron chi connectivity index (χ1n) is 4.38. The predicted molar refractivity (Wildman–Crippen MR) is 54.1 cm³/mol. The van der Waals surface area contributed by atoms with Gasteiger partial charge in [-0.05, 0) is 6.42 Å². The minimum absolute atomic E-state index is 0.350. The van der Waals surface area contributed by atoms with E-state index in [-0.39, 0.29) is 0 Å². The Morgan fingerprint density at radius 3 is 3.08 bits per heavy atom. The van der Waals surface area contributed by atoms with Crippen LogP contribution in [0.4, 0.5) is 5.13 Å². The first kappa shape index (κ1) is 10.4. The Hall–Kier alpha value is -0.680. The number of nitrogens with zero attached hydrogens (tertiary/aromatic N) is 2. The van der Waals surface area contributed by atoms with E-state index in [0.29, 0.717) is 12.6 Å². The molecule has 0 radical (unpaired) electrons. The van der Waals surface area contributed by atoms with E-state index in [1.165, 1.54) is 11.3 Å². The Kier molecular flexibility index (Phi) is 4.70. The van der Waals surface area contributed by atoms with Crippen molar-refractivity contribution < 1.29 is 4.74 Å². The lowest BCUT2D eigenvalue weighted by molar-refractivity contribution is 0.182. The average Bonchev–Trinajstić information content (AvgIpc) is 2.58. The van der Waals surface area contributed by atoms with Crippen molar-refractivity contribution in [3.8, 4) is 0 Å². The summed E-state index contributed by atoms with van der Waals surface area (Å²) >= 11 is 1.51.